The number of carbonyl (C=O) groups is 3. The molecular formula is C17H18N2O3. The molecule has 3 amide bonds. The molecule has 0 N–H and O–H groups in total. The Labute approximate surface area is 129 Å². The molecule has 5 heteroatoms. The Morgan fingerprint density at radius 1 is 1.09 bits per heavy atom. The van der Waals surface area contributed by atoms with Gasteiger partial charge in [0.25, 0.3) is 0 Å². The minimum atomic E-state index is -0.285. The average molecular weight is 298 g/mol. The summed E-state index contributed by atoms with van der Waals surface area (Å²) in [4.78, 5) is 39.7. The van der Waals surface area contributed by atoms with Gasteiger partial charge in [-0.2, -0.15) is 0 Å². The molecular weight excluding hydrogens is 280 g/mol. The average Bonchev–Trinajstić information content (AvgIpc) is 2.80. The van der Waals surface area contributed by atoms with Crippen LogP contribution in [0.1, 0.15) is 12.8 Å². The van der Waals surface area contributed by atoms with E-state index in [1.807, 2.05) is 42.5 Å². The van der Waals surface area contributed by atoms with Gasteiger partial charge in [0.05, 0.1) is 11.8 Å². The molecule has 1 aromatic rings. The molecule has 0 spiro atoms. The number of para-hydroxylation sites is 1. The zero-order chi connectivity index (χ0) is 15.7. The molecule has 2 aliphatic rings. The van der Waals surface area contributed by atoms with Crippen LogP contribution in [0.4, 0.5) is 5.69 Å². The van der Waals surface area contributed by atoms with Gasteiger partial charge in [-0.25, -0.2) is 0 Å². The molecule has 1 aliphatic heterocycles. The Bertz CT molecular complexity index is 613. The first kappa shape index (κ1) is 14.5. The number of nitrogens with zero attached hydrogens (tertiary/aromatic N) is 2. The second-order valence-corrected chi connectivity index (χ2v) is 5.71. The van der Waals surface area contributed by atoms with E-state index >= 15 is 0 Å². The van der Waals surface area contributed by atoms with Crippen molar-refractivity contribution in [2.75, 3.05) is 18.5 Å². The van der Waals surface area contributed by atoms with E-state index in [9.17, 15) is 14.4 Å². The maximum Gasteiger partial charge on any atom is 0.246 e. The highest BCUT2D eigenvalue weighted by Crippen LogP contribution is 2.34. The molecule has 114 valence electrons. The number of carbonyl (C=O) groups excluding carboxylic acids is 3. The van der Waals surface area contributed by atoms with Crippen LogP contribution in [0, 0.1) is 11.8 Å². The molecule has 0 radical (unpaired) electrons. The molecule has 0 aromatic heterocycles. The minimum Gasteiger partial charge on any atom is -0.314 e. The summed E-state index contributed by atoms with van der Waals surface area (Å²) in [5.74, 6) is -1.26. The highest BCUT2D eigenvalue weighted by atomic mass is 16.2. The molecule has 1 saturated heterocycles. The van der Waals surface area contributed by atoms with Gasteiger partial charge < -0.3 is 4.90 Å². The Hall–Kier alpha value is -2.43. The predicted octanol–water partition coefficient (Wildman–Crippen LogP) is 1.60. The van der Waals surface area contributed by atoms with Crippen LogP contribution in [-0.2, 0) is 14.4 Å². The molecule has 22 heavy (non-hydrogen) atoms. The quantitative estimate of drug-likeness (QED) is 0.629. The van der Waals surface area contributed by atoms with Crippen LogP contribution in [-0.4, -0.2) is 36.2 Å². The number of rotatable bonds is 3. The van der Waals surface area contributed by atoms with Gasteiger partial charge in [-0.3, -0.25) is 19.3 Å². The number of anilines is 1. The topological polar surface area (TPSA) is 57.7 Å². The molecule has 2 atom stereocenters. The zero-order valence-corrected chi connectivity index (χ0v) is 12.4. The first-order valence-corrected chi connectivity index (χ1v) is 7.41. The lowest BCUT2D eigenvalue weighted by molar-refractivity contribution is -0.143. The van der Waals surface area contributed by atoms with Gasteiger partial charge in [-0.15, -0.1) is 0 Å². The monoisotopic (exact) mass is 298 g/mol. The lowest BCUT2D eigenvalue weighted by atomic mass is 9.85. The van der Waals surface area contributed by atoms with E-state index in [-0.39, 0.29) is 36.1 Å². The van der Waals surface area contributed by atoms with E-state index in [1.165, 1.54) is 4.90 Å². The normalized spacial score (nSPS) is 23.6. The van der Waals surface area contributed by atoms with Crippen molar-refractivity contribution in [2.24, 2.45) is 11.8 Å². The van der Waals surface area contributed by atoms with Gasteiger partial charge in [0, 0.05) is 12.7 Å². The molecule has 1 aromatic carbocycles. The van der Waals surface area contributed by atoms with Gasteiger partial charge in [-0.1, -0.05) is 30.4 Å². The summed E-state index contributed by atoms with van der Waals surface area (Å²) >= 11 is 0. The van der Waals surface area contributed by atoms with Crippen LogP contribution in [0.2, 0.25) is 0 Å². The second kappa shape index (κ2) is 5.75. The Morgan fingerprint density at radius 2 is 1.64 bits per heavy atom. The molecule has 1 aliphatic carbocycles. The summed E-state index contributed by atoms with van der Waals surface area (Å²) in [6.45, 7) is -0.184. The summed E-state index contributed by atoms with van der Waals surface area (Å²) < 4.78 is 0. The summed E-state index contributed by atoms with van der Waals surface area (Å²) in [7, 11) is 1.65. The van der Waals surface area contributed by atoms with Crippen molar-refractivity contribution >= 4 is 23.4 Å². The van der Waals surface area contributed by atoms with Crippen molar-refractivity contribution in [3.8, 4) is 0 Å². The smallest absolute Gasteiger partial charge is 0.246 e. The second-order valence-electron chi connectivity index (χ2n) is 5.71. The van der Waals surface area contributed by atoms with Crippen molar-refractivity contribution in [1.29, 1.82) is 0 Å². The Kier molecular flexibility index (Phi) is 3.79. The van der Waals surface area contributed by atoms with Gasteiger partial charge in [0.1, 0.15) is 6.54 Å². The summed E-state index contributed by atoms with van der Waals surface area (Å²) in [6, 6.07) is 9.18. The van der Waals surface area contributed by atoms with Crippen molar-refractivity contribution in [3.05, 3.63) is 42.5 Å². The molecule has 1 fully saturated rings. The number of hydrogen-bond acceptors (Lipinski definition) is 3. The van der Waals surface area contributed by atoms with Gasteiger partial charge in [-0.05, 0) is 25.0 Å². The number of imide groups is 1. The molecule has 0 bridgehead atoms. The fourth-order valence-corrected chi connectivity index (χ4v) is 3.06. The van der Waals surface area contributed by atoms with Crippen molar-refractivity contribution in [2.45, 2.75) is 12.8 Å². The first-order chi connectivity index (χ1) is 10.6. The number of fused-ring (bicyclic) bond motifs is 1. The molecule has 1 heterocycles. The van der Waals surface area contributed by atoms with Gasteiger partial charge >= 0.3 is 0 Å². The lowest BCUT2D eigenvalue weighted by Gasteiger charge is -2.21. The number of allylic oxidation sites excluding steroid dienone is 2. The summed E-state index contributed by atoms with van der Waals surface area (Å²) in [6.07, 6.45) is 5.06. The fourth-order valence-electron chi connectivity index (χ4n) is 3.06. The van der Waals surface area contributed by atoms with E-state index in [0.717, 1.165) is 10.6 Å². The van der Waals surface area contributed by atoms with E-state index in [4.69, 9.17) is 0 Å². The fraction of sp³-hybridized carbons (Fsp3) is 0.353. The Balaban J connectivity index is 1.72. The highest BCUT2D eigenvalue weighted by Gasteiger charge is 2.47. The van der Waals surface area contributed by atoms with E-state index < -0.39 is 0 Å². The van der Waals surface area contributed by atoms with Crippen LogP contribution >= 0.6 is 0 Å². The molecule has 0 unspecified atom stereocenters. The first-order valence-electron chi connectivity index (χ1n) is 7.41. The highest BCUT2D eigenvalue weighted by molar-refractivity contribution is 6.09. The number of amides is 3. The van der Waals surface area contributed by atoms with Crippen molar-refractivity contribution in [3.63, 3.8) is 0 Å². The maximum atomic E-state index is 12.4. The minimum absolute atomic E-state index is 0.184. The largest absolute Gasteiger partial charge is 0.314 e. The standard InChI is InChI=1S/C17H18N2O3/c1-18(12-7-3-2-4-8-12)15(20)11-19-16(21)13-9-5-6-10-14(13)17(19)22/h2-8,13-14H,9-11H2,1H3/t13-,14-/m0/s1. The summed E-state index contributed by atoms with van der Waals surface area (Å²) in [5.41, 5.74) is 0.741. The van der Waals surface area contributed by atoms with Gasteiger partial charge in [0.2, 0.25) is 17.7 Å². The van der Waals surface area contributed by atoms with Crippen LogP contribution in [0.15, 0.2) is 42.5 Å². The third kappa shape index (κ3) is 2.43. The number of likely N-dealkylation sites (tertiary alicyclic amines) is 1. The van der Waals surface area contributed by atoms with Crippen LogP contribution in [0.3, 0.4) is 0 Å². The van der Waals surface area contributed by atoms with Crippen molar-refractivity contribution < 1.29 is 14.4 Å². The van der Waals surface area contributed by atoms with E-state index in [1.54, 1.807) is 7.05 Å². The third-order valence-electron chi connectivity index (χ3n) is 4.41. The number of hydrogen-bond donors (Lipinski definition) is 0. The van der Waals surface area contributed by atoms with Crippen LogP contribution in [0.5, 0.6) is 0 Å². The number of benzene rings is 1. The summed E-state index contributed by atoms with van der Waals surface area (Å²) in [5, 5.41) is 0. The van der Waals surface area contributed by atoms with E-state index in [0.29, 0.717) is 12.8 Å². The van der Waals surface area contributed by atoms with Crippen LogP contribution in [0.25, 0.3) is 0 Å². The van der Waals surface area contributed by atoms with Crippen molar-refractivity contribution in [1.82, 2.24) is 4.90 Å². The third-order valence-corrected chi connectivity index (χ3v) is 4.41. The van der Waals surface area contributed by atoms with Gasteiger partial charge in [0.15, 0.2) is 0 Å². The SMILES string of the molecule is CN(C(=O)CN1C(=O)[C@H]2CC=CC[C@@H]2C1=O)c1ccccc1. The lowest BCUT2D eigenvalue weighted by Crippen LogP contribution is -2.41. The molecule has 0 saturated carbocycles. The number of likely N-dealkylation sites (N-methyl/N-ethyl adjacent to an activating group) is 1. The molecule has 3 rings (SSSR count). The Morgan fingerprint density at radius 3 is 2.18 bits per heavy atom. The molecule has 5 nitrogen and oxygen atoms in total. The van der Waals surface area contributed by atoms with E-state index in [2.05, 4.69) is 0 Å². The predicted molar refractivity (Wildman–Crippen MR) is 81.9 cm³/mol. The zero-order valence-electron chi connectivity index (χ0n) is 12.4. The van der Waals surface area contributed by atoms with Crippen LogP contribution < -0.4 is 4.90 Å². The maximum absolute atomic E-state index is 12.4.